The summed E-state index contributed by atoms with van der Waals surface area (Å²) >= 11 is 14.8. The third-order valence-electron chi connectivity index (χ3n) is 3.86. The highest BCUT2D eigenvalue weighted by molar-refractivity contribution is 9.09. The Balaban J connectivity index is 0.000000182. The highest BCUT2D eigenvalue weighted by Gasteiger charge is 2.23. The Morgan fingerprint density at radius 1 is 1.00 bits per heavy atom. The summed E-state index contributed by atoms with van der Waals surface area (Å²) in [5.74, 6) is -0.872. The zero-order valence-electron chi connectivity index (χ0n) is 16.1. The Labute approximate surface area is 192 Å². The first-order chi connectivity index (χ1) is 14.2. The van der Waals surface area contributed by atoms with Crippen molar-refractivity contribution in [2.75, 3.05) is 7.11 Å². The lowest BCUT2D eigenvalue weighted by molar-refractivity contribution is 0.0600. The van der Waals surface area contributed by atoms with Gasteiger partial charge in [0.1, 0.15) is 11.5 Å². The molecule has 9 heteroatoms. The van der Waals surface area contributed by atoms with Crippen LogP contribution in [-0.2, 0) is 4.74 Å². The molecule has 2 fully saturated rings. The standard InChI is InChI=1S/C10H9ClO3.C8H7ClO3.C3H5Br/c11-9-5-7(14-6-1-2-6)3-4-8(9)10(12)13;1-12-8(11)6-3-2-5(10)4-7(6)9;4-3-1-2-3/h3-6H,1-2H2,(H,12,13);2-4,10H,1H3;3H,1-2H2. The van der Waals surface area contributed by atoms with Crippen molar-refractivity contribution in [1.82, 2.24) is 0 Å². The second kappa shape index (κ2) is 11.4. The molecule has 6 nitrogen and oxygen atoms in total. The van der Waals surface area contributed by atoms with Gasteiger partial charge in [0.15, 0.2) is 0 Å². The lowest BCUT2D eigenvalue weighted by Crippen LogP contribution is -2.01. The van der Waals surface area contributed by atoms with Gasteiger partial charge in [-0.3, -0.25) is 0 Å². The number of carbonyl (C=O) groups is 2. The van der Waals surface area contributed by atoms with Gasteiger partial charge in [0, 0.05) is 4.83 Å². The number of alkyl halides is 1. The monoisotopic (exact) mass is 518 g/mol. The van der Waals surface area contributed by atoms with Crippen LogP contribution in [0.1, 0.15) is 46.4 Å². The summed E-state index contributed by atoms with van der Waals surface area (Å²) in [7, 11) is 1.27. The van der Waals surface area contributed by atoms with Gasteiger partial charge in [-0.25, -0.2) is 9.59 Å². The number of hydrogen-bond acceptors (Lipinski definition) is 5. The Bertz CT molecular complexity index is 897. The molecule has 0 spiro atoms. The van der Waals surface area contributed by atoms with Gasteiger partial charge in [0.25, 0.3) is 0 Å². The van der Waals surface area contributed by atoms with E-state index in [1.807, 2.05) is 0 Å². The van der Waals surface area contributed by atoms with E-state index in [1.54, 1.807) is 12.1 Å². The number of benzene rings is 2. The summed E-state index contributed by atoms with van der Waals surface area (Å²) in [4.78, 5) is 22.5. The minimum Gasteiger partial charge on any atom is -0.508 e. The molecule has 0 unspecified atom stereocenters. The third-order valence-corrected chi connectivity index (χ3v) is 5.40. The van der Waals surface area contributed by atoms with Crippen LogP contribution in [-0.4, -0.2) is 40.2 Å². The fourth-order valence-electron chi connectivity index (χ4n) is 1.96. The highest BCUT2D eigenvalue weighted by Crippen LogP contribution is 2.29. The Morgan fingerprint density at radius 2 is 1.57 bits per heavy atom. The van der Waals surface area contributed by atoms with Gasteiger partial charge in [0.2, 0.25) is 0 Å². The third kappa shape index (κ3) is 8.42. The minimum absolute atomic E-state index is 0.0210. The van der Waals surface area contributed by atoms with Gasteiger partial charge in [-0.1, -0.05) is 39.1 Å². The fraction of sp³-hybridized carbons (Fsp3) is 0.333. The first kappa shape index (κ1) is 24.3. The molecule has 0 radical (unpaired) electrons. The van der Waals surface area contributed by atoms with Crippen LogP contribution in [0.3, 0.4) is 0 Å². The second-order valence-electron chi connectivity index (χ2n) is 6.59. The molecule has 2 saturated carbocycles. The lowest BCUT2D eigenvalue weighted by atomic mass is 10.2. The van der Waals surface area contributed by atoms with Crippen molar-refractivity contribution in [3.05, 3.63) is 57.6 Å². The SMILES string of the molecule is BrC1CC1.COC(=O)c1ccc(O)cc1Cl.O=C(O)c1ccc(OC2CC2)cc1Cl. The van der Waals surface area contributed by atoms with Gasteiger partial charge in [0.05, 0.1) is 34.4 Å². The molecule has 0 amide bonds. The van der Waals surface area contributed by atoms with E-state index in [-0.39, 0.29) is 26.9 Å². The quantitative estimate of drug-likeness (QED) is 0.382. The number of aromatic hydroxyl groups is 1. The van der Waals surface area contributed by atoms with Crippen molar-refractivity contribution in [3.8, 4) is 11.5 Å². The smallest absolute Gasteiger partial charge is 0.339 e. The first-order valence-corrected chi connectivity index (χ1v) is 10.8. The van der Waals surface area contributed by atoms with Crippen molar-refractivity contribution in [2.24, 2.45) is 0 Å². The summed E-state index contributed by atoms with van der Waals surface area (Å²) < 4.78 is 9.92. The van der Waals surface area contributed by atoms with Crippen molar-refractivity contribution in [2.45, 2.75) is 36.6 Å². The van der Waals surface area contributed by atoms with E-state index in [9.17, 15) is 9.59 Å². The molecule has 30 heavy (non-hydrogen) atoms. The predicted octanol–water partition coefficient (Wildman–Crippen LogP) is 5.96. The van der Waals surface area contributed by atoms with Crippen LogP contribution < -0.4 is 4.74 Å². The molecule has 162 valence electrons. The van der Waals surface area contributed by atoms with Crippen LogP contribution in [0.4, 0.5) is 0 Å². The number of phenolic OH excluding ortho intramolecular Hbond substituents is 1. The van der Waals surface area contributed by atoms with Crippen LogP contribution in [0.5, 0.6) is 11.5 Å². The Morgan fingerprint density at radius 3 is 2.00 bits per heavy atom. The topological polar surface area (TPSA) is 93.1 Å². The zero-order valence-corrected chi connectivity index (χ0v) is 19.2. The molecule has 0 saturated heterocycles. The number of hydrogen-bond donors (Lipinski definition) is 2. The summed E-state index contributed by atoms with van der Waals surface area (Å²) in [6, 6.07) is 8.70. The number of phenols is 1. The molecular formula is C21H21BrCl2O6. The van der Waals surface area contributed by atoms with Crippen molar-refractivity contribution >= 4 is 51.1 Å². The normalized spacial score (nSPS) is 14.4. The number of halogens is 3. The molecule has 4 rings (SSSR count). The van der Waals surface area contributed by atoms with E-state index in [4.69, 9.17) is 38.2 Å². The van der Waals surface area contributed by atoms with Crippen LogP contribution in [0, 0.1) is 0 Å². The number of esters is 1. The molecule has 0 aromatic heterocycles. The van der Waals surface area contributed by atoms with E-state index >= 15 is 0 Å². The summed E-state index contributed by atoms with van der Waals surface area (Å²) in [6.07, 6.45) is 5.23. The predicted molar refractivity (Wildman–Crippen MR) is 118 cm³/mol. The maximum Gasteiger partial charge on any atom is 0.339 e. The molecule has 0 aliphatic heterocycles. The number of carbonyl (C=O) groups excluding carboxylic acids is 1. The molecule has 0 atom stereocenters. The van der Waals surface area contributed by atoms with Gasteiger partial charge in [-0.2, -0.15) is 0 Å². The van der Waals surface area contributed by atoms with Crippen LogP contribution >= 0.6 is 39.1 Å². The van der Waals surface area contributed by atoms with E-state index in [0.717, 1.165) is 17.7 Å². The van der Waals surface area contributed by atoms with Gasteiger partial charge < -0.3 is 19.7 Å². The number of methoxy groups -OCH3 is 1. The largest absolute Gasteiger partial charge is 0.508 e. The molecule has 2 aromatic carbocycles. The zero-order chi connectivity index (χ0) is 22.3. The second-order valence-corrected chi connectivity index (χ2v) is 8.70. The number of carboxylic acid groups (broad SMARTS) is 1. The summed E-state index contributed by atoms with van der Waals surface area (Å²) in [6.45, 7) is 0. The number of carboxylic acids is 1. The molecule has 2 aliphatic carbocycles. The van der Waals surface area contributed by atoms with Crippen molar-refractivity contribution in [3.63, 3.8) is 0 Å². The van der Waals surface area contributed by atoms with Gasteiger partial charge >= 0.3 is 11.9 Å². The van der Waals surface area contributed by atoms with Crippen LogP contribution in [0.15, 0.2) is 36.4 Å². The Hall–Kier alpha value is -1.96. The van der Waals surface area contributed by atoms with E-state index in [1.165, 1.54) is 44.2 Å². The maximum atomic E-state index is 11.0. The molecule has 0 heterocycles. The molecule has 2 N–H and O–H groups in total. The van der Waals surface area contributed by atoms with Gasteiger partial charge in [-0.05, 0) is 62.1 Å². The van der Waals surface area contributed by atoms with Crippen molar-refractivity contribution < 1.29 is 29.3 Å². The average Bonchev–Trinajstić information content (AvgIpc) is 3.61. The Kier molecular flexibility index (Phi) is 9.27. The van der Waals surface area contributed by atoms with E-state index in [0.29, 0.717) is 11.9 Å². The summed E-state index contributed by atoms with van der Waals surface area (Å²) in [5.41, 5.74) is 0.354. The van der Waals surface area contributed by atoms with E-state index < -0.39 is 11.9 Å². The minimum atomic E-state index is -1.02. The number of ether oxygens (including phenoxy) is 2. The highest BCUT2D eigenvalue weighted by atomic mass is 79.9. The molecular weight excluding hydrogens is 499 g/mol. The van der Waals surface area contributed by atoms with Gasteiger partial charge in [-0.15, -0.1) is 0 Å². The molecule has 0 bridgehead atoms. The van der Waals surface area contributed by atoms with E-state index in [2.05, 4.69) is 20.7 Å². The van der Waals surface area contributed by atoms with Crippen LogP contribution in [0.2, 0.25) is 10.0 Å². The number of aromatic carboxylic acids is 1. The number of rotatable bonds is 4. The lowest BCUT2D eigenvalue weighted by Gasteiger charge is -2.05. The molecule has 2 aromatic rings. The maximum absolute atomic E-state index is 11.0. The fourth-order valence-corrected chi connectivity index (χ4v) is 2.73. The first-order valence-electron chi connectivity index (χ1n) is 9.11. The van der Waals surface area contributed by atoms with Crippen molar-refractivity contribution in [1.29, 1.82) is 0 Å². The average molecular weight is 520 g/mol. The van der Waals surface area contributed by atoms with Crippen LogP contribution in [0.25, 0.3) is 0 Å². The summed E-state index contributed by atoms with van der Waals surface area (Å²) in [5, 5.41) is 18.1. The molecule has 2 aliphatic rings.